The van der Waals surface area contributed by atoms with Crippen molar-refractivity contribution in [3.63, 3.8) is 0 Å². The maximum absolute atomic E-state index is 11.7. The molecule has 1 saturated heterocycles. The Kier molecular flexibility index (Phi) is 2.74. The van der Waals surface area contributed by atoms with E-state index in [1.807, 2.05) is 0 Å². The van der Waals surface area contributed by atoms with Gasteiger partial charge in [-0.15, -0.1) is 0 Å². The third-order valence-corrected chi connectivity index (χ3v) is 3.29. The highest BCUT2D eigenvalue weighted by Gasteiger charge is 2.38. The lowest BCUT2D eigenvalue weighted by Crippen LogP contribution is -2.55. The molecule has 80 valence electrons. The molecular weight excluding hydrogens is 180 g/mol. The standard InChI is InChI=1S/C10H18N2O2/c13-9(12-8-2-1-3-8)10(14)4-6-11-7-5-10/h8,11,14H,1-7H2,(H,12,13). The molecule has 0 aromatic heterocycles. The first-order valence-electron chi connectivity index (χ1n) is 5.45. The van der Waals surface area contributed by atoms with Gasteiger partial charge in [-0.1, -0.05) is 0 Å². The number of aliphatic hydroxyl groups is 1. The summed E-state index contributed by atoms with van der Waals surface area (Å²) in [5, 5.41) is 16.1. The van der Waals surface area contributed by atoms with Gasteiger partial charge in [0, 0.05) is 6.04 Å². The van der Waals surface area contributed by atoms with E-state index in [-0.39, 0.29) is 5.91 Å². The summed E-state index contributed by atoms with van der Waals surface area (Å²) in [5.41, 5.74) is -1.11. The van der Waals surface area contributed by atoms with Gasteiger partial charge in [0.25, 0.3) is 5.91 Å². The fourth-order valence-electron chi connectivity index (χ4n) is 1.94. The zero-order valence-corrected chi connectivity index (χ0v) is 8.38. The van der Waals surface area contributed by atoms with E-state index in [0.29, 0.717) is 18.9 Å². The van der Waals surface area contributed by atoms with Gasteiger partial charge in [-0.2, -0.15) is 0 Å². The van der Waals surface area contributed by atoms with Crippen LogP contribution in [0.15, 0.2) is 0 Å². The second-order valence-electron chi connectivity index (χ2n) is 4.38. The Morgan fingerprint density at radius 1 is 1.36 bits per heavy atom. The molecule has 4 heteroatoms. The maximum atomic E-state index is 11.7. The van der Waals surface area contributed by atoms with Crippen LogP contribution in [0.4, 0.5) is 0 Å². The van der Waals surface area contributed by atoms with E-state index in [0.717, 1.165) is 25.9 Å². The van der Waals surface area contributed by atoms with Crippen LogP contribution in [0.1, 0.15) is 32.1 Å². The Hall–Kier alpha value is -0.610. The first kappa shape index (κ1) is 9.93. The minimum absolute atomic E-state index is 0.163. The van der Waals surface area contributed by atoms with E-state index in [4.69, 9.17) is 0 Å². The fraction of sp³-hybridized carbons (Fsp3) is 0.900. The van der Waals surface area contributed by atoms with Crippen LogP contribution >= 0.6 is 0 Å². The van der Waals surface area contributed by atoms with Gasteiger partial charge in [0.2, 0.25) is 0 Å². The first-order chi connectivity index (χ1) is 6.71. The topological polar surface area (TPSA) is 61.4 Å². The van der Waals surface area contributed by atoms with E-state index < -0.39 is 5.60 Å². The van der Waals surface area contributed by atoms with Crippen molar-refractivity contribution in [2.24, 2.45) is 0 Å². The molecule has 3 N–H and O–H groups in total. The monoisotopic (exact) mass is 198 g/mol. The van der Waals surface area contributed by atoms with Gasteiger partial charge in [-0.05, 0) is 45.2 Å². The number of hydrogen-bond donors (Lipinski definition) is 3. The Balaban J connectivity index is 1.87. The van der Waals surface area contributed by atoms with Gasteiger partial charge in [-0.25, -0.2) is 0 Å². The van der Waals surface area contributed by atoms with Crippen LogP contribution in [0.2, 0.25) is 0 Å². The fourth-order valence-corrected chi connectivity index (χ4v) is 1.94. The summed E-state index contributed by atoms with van der Waals surface area (Å²) >= 11 is 0. The number of nitrogens with one attached hydrogen (secondary N) is 2. The number of hydrogen-bond acceptors (Lipinski definition) is 3. The van der Waals surface area contributed by atoms with Crippen LogP contribution in [0, 0.1) is 0 Å². The van der Waals surface area contributed by atoms with Gasteiger partial charge >= 0.3 is 0 Å². The molecule has 2 rings (SSSR count). The summed E-state index contributed by atoms with van der Waals surface area (Å²) in [6, 6.07) is 0.321. The minimum atomic E-state index is -1.11. The van der Waals surface area contributed by atoms with Crippen molar-refractivity contribution in [3.05, 3.63) is 0 Å². The zero-order chi connectivity index (χ0) is 10.0. The quantitative estimate of drug-likeness (QED) is 0.574. The van der Waals surface area contributed by atoms with Crippen LogP contribution in [0.25, 0.3) is 0 Å². The maximum Gasteiger partial charge on any atom is 0.252 e. The van der Waals surface area contributed by atoms with Crippen molar-refractivity contribution in [2.75, 3.05) is 13.1 Å². The summed E-state index contributed by atoms with van der Waals surface area (Å²) in [7, 11) is 0. The van der Waals surface area contributed by atoms with Crippen molar-refractivity contribution in [1.29, 1.82) is 0 Å². The van der Waals surface area contributed by atoms with Crippen molar-refractivity contribution in [3.8, 4) is 0 Å². The molecule has 1 heterocycles. The molecule has 14 heavy (non-hydrogen) atoms. The van der Waals surface area contributed by atoms with Gasteiger partial charge < -0.3 is 15.7 Å². The molecule has 0 spiro atoms. The molecule has 1 amide bonds. The lowest BCUT2D eigenvalue weighted by molar-refractivity contribution is -0.143. The highest BCUT2D eigenvalue weighted by Crippen LogP contribution is 2.22. The molecule has 2 fully saturated rings. The predicted molar refractivity (Wildman–Crippen MR) is 52.8 cm³/mol. The van der Waals surface area contributed by atoms with Gasteiger partial charge in [0.1, 0.15) is 5.60 Å². The minimum Gasteiger partial charge on any atom is -0.380 e. The molecule has 4 nitrogen and oxygen atoms in total. The lowest BCUT2D eigenvalue weighted by Gasteiger charge is -2.35. The molecule has 1 aliphatic heterocycles. The summed E-state index contributed by atoms with van der Waals surface area (Å²) in [6.07, 6.45) is 4.40. The van der Waals surface area contributed by atoms with Crippen molar-refractivity contribution < 1.29 is 9.90 Å². The average molecular weight is 198 g/mol. The molecule has 2 aliphatic rings. The Morgan fingerprint density at radius 3 is 2.50 bits per heavy atom. The molecular formula is C10H18N2O2. The molecule has 0 radical (unpaired) electrons. The summed E-state index contributed by atoms with van der Waals surface area (Å²) in [5.74, 6) is -0.163. The van der Waals surface area contributed by atoms with Gasteiger partial charge in [0.05, 0.1) is 0 Å². The predicted octanol–water partition coefficient (Wildman–Crippen LogP) is -0.230. The zero-order valence-electron chi connectivity index (χ0n) is 8.38. The van der Waals surface area contributed by atoms with Crippen LogP contribution in [-0.4, -0.2) is 35.7 Å². The highest BCUT2D eigenvalue weighted by atomic mass is 16.3. The van der Waals surface area contributed by atoms with Crippen LogP contribution in [-0.2, 0) is 4.79 Å². The normalized spacial score (nSPS) is 26.6. The third kappa shape index (κ3) is 1.91. The van der Waals surface area contributed by atoms with E-state index in [9.17, 15) is 9.90 Å². The molecule has 0 aromatic carbocycles. The molecule has 0 aromatic rings. The highest BCUT2D eigenvalue weighted by molar-refractivity contribution is 5.85. The van der Waals surface area contributed by atoms with Gasteiger partial charge in [-0.3, -0.25) is 4.79 Å². The number of rotatable bonds is 2. The number of amides is 1. The van der Waals surface area contributed by atoms with Gasteiger partial charge in [0.15, 0.2) is 0 Å². The van der Waals surface area contributed by atoms with E-state index >= 15 is 0 Å². The molecule has 0 bridgehead atoms. The third-order valence-electron chi connectivity index (χ3n) is 3.29. The molecule has 1 saturated carbocycles. The van der Waals surface area contributed by atoms with Crippen LogP contribution in [0.3, 0.4) is 0 Å². The lowest BCUT2D eigenvalue weighted by atomic mass is 9.88. The summed E-state index contributed by atoms with van der Waals surface area (Å²) in [6.45, 7) is 1.46. The smallest absolute Gasteiger partial charge is 0.252 e. The largest absolute Gasteiger partial charge is 0.380 e. The first-order valence-corrected chi connectivity index (χ1v) is 5.45. The summed E-state index contributed by atoms with van der Waals surface area (Å²) in [4.78, 5) is 11.7. The summed E-state index contributed by atoms with van der Waals surface area (Å²) < 4.78 is 0. The molecule has 0 atom stereocenters. The number of carbonyl (C=O) groups excluding carboxylic acids is 1. The van der Waals surface area contributed by atoms with E-state index in [1.54, 1.807) is 0 Å². The molecule has 1 aliphatic carbocycles. The van der Waals surface area contributed by atoms with E-state index in [1.165, 1.54) is 6.42 Å². The second kappa shape index (κ2) is 3.87. The van der Waals surface area contributed by atoms with Crippen molar-refractivity contribution in [1.82, 2.24) is 10.6 Å². The second-order valence-corrected chi connectivity index (χ2v) is 4.38. The molecule has 0 unspecified atom stereocenters. The number of carbonyl (C=O) groups is 1. The SMILES string of the molecule is O=C(NC1CCC1)C1(O)CCNCC1. The van der Waals surface area contributed by atoms with Crippen LogP contribution < -0.4 is 10.6 Å². The van der Waals surface area contributed by atoms with Crippen LogP contribution in [0.5, 0.6) is 0 Å². The average Bonchev–Trinajstić information content (AvgIpc) is 2.12. The van der Waals surface area contributed by atoms with Crippen molar-refractivity contribution in [2.45, 2.75) is 43.7 Å². The Labute approximate surface area is 84.1 Å². The van der Waals surface area contributed by atoms with Crippen molar-refractivity contribution >= 4 is 5.91 Å². The van der Waals surface area contributed by atoms with E-state index in [2.05, 4.69) is 10.6 Å². The Bertz CT molecular complexity index is 220. The number of piperidine rings is 1. The Morgan fingerprint density at radius 2 is 2.00 bits per heavy atom.